The van der Waals surface area contributed by atoms with Crippen molar-refractivity contribution in [3.63, 3.8) is 0 Å². The van der Waals surface area contributed by atoms with Gasteiger partial charge in [-0.1, -0.05) is 29.5 Å². The highest BCUT2D eigenvalue weighted by molar-refractivity contribution is 7.22. The van der Waals surface area contributed by atoms with Gasteiger partial charge in [0, 0.05) is 44.6 Å². The van der Waals surface area contributed by atoms with Crippen LogP contribution in [-0.2, 0) is 11.3 Å². The second kappa shape index (κ2) is 7.84. The average molecular weight is 387 g/mol. The molecule has 1 aromatic carbocycles. The molecule has 5 nitrogen and oxygen atoms in total. The van der Waals surface area contributed by atoms with Gasteiger partial charge >= 0.3 is 0 Å². The van der Waals surface area contributed by atoms with Crippen molar-refractivity contribution in [3.8, 4) is 0 Å². The summed E-state index contributed by atoms with van der Waals surface area (Å²) in [7, 11) is 1.83. The fourth-order valence-corrected chi connectivity index (χ4v) is 4.83. The fourth-order valence-electron chi connectivity index (χ4n) is 3.14. The molecule has 26 heavy (non-hydrogen) atoms. The van der Waals surface area contributed by atoms with Crippen LogP contribution >= 0.6 is 22.7 Å². The van der Waals surface area contributed by atoms with Crippen molar-refractivity contribution in [2.75, 3.05) is 44.7 Å². The molecule has 0 atom stereocenters. The molecule has 1 saturated heterocycles. The number of hydrogen-bond acceptors (Lipinski definition) is 6. The molecular weight excluding hydrogens is 364 g/mol. The zero-order valence-corrected chi connectivity index (χ0v) is 16.4. The number of para-hydroxylation sites is 1. The molecule has 1 aliphatic heterocycles. The van der Waals surface area contributed by atoms with Crippen LogP contribution < -0.4 is 4.90 Å². The molecule has 0 saturated carbocycles. The predicted molar refractivity (Wildman–Crippen MR) is 109 cm³/mol. The van der Waals surface area contributed by atoms with Crippen LogP contribution in [0.5, 0.6) is 0 Å². The summed E-state index contributed by atoms with van der Waals surface area (Å²) >= 11 is 3.38. The lowest BCUT2D eigenvalue weighted by atomic mass is 10.3. The van der Waals surface area contributed by atoms with Crippen LogP contribution in [0, 0.1) is 0 Å². The van der Waals surface area contributed by atoms with Gasteiger partial charge in [0.15, 0.2) is 5.13 Å². The first kappa shape index (κ1) is 17.6. The molecule has 0 radical (unpaired) electrons. The molecule has 1 aliphatic rings. The summed E-state index contributed by atoms with van der Waals surface area (Å²) in [6.07, 6.45) is 0. The Kier molecular flexibility index (Phi) is 5.31. The molecule has 3 aromatic rings. The zero-order chi connectivity index (χ0) is 17.9. The van der Waals surface area contributed by atoms with Gasteiger partial charge < -0.3 is 0 Å². The Bertz CT molecular complexity index is 836. The van der Waals surface area contributed by atoms with Crippen LogP contribution in [0.1, 0.15) is 4.88 Å². The van der Waals surface area contributed by atoms with E-state index < -0.39 is 0 Å². The third kappa shape index (κ3) is 3.96. The van der Waals surface area contributed by atoms with Crippen LogP contribution in [0.2, 0.25) is 0 Å². The highest BCUT2D eigenvalue weighted by Crippen LogP contribution is 2.27. The molecule has 0 bridgehead atoms. The van der Waals surface area contributed by atoms with Gasteiger partial charge in [0.05, 0.1) is 16.8 Å². The van der Waals surface area contributed by atoms with Gasteiger partial charge in [0.25, 0.3) is 0 Å². The monoisotopic (exact) mass is 386 g/mol. The van der Waals surface area contributed by atoms with Crippen LogP contribution in [0.15, 0.2) is 41.8 Å². The quantitative estimate of drug-likeness (QED) is 0.675. The van der Waals surface area contributed by atoms with Gasteiger partial charge in [-0.05, 0) is 23.6 Å². The van der Waals surface area contributed by atoms with E-state index in [4.69, 9.17) is 0 Å². The highest BCUT2D eigenvalue weighted by Gasteiger charge is 2.22. The number of rotatable bonds is 5. The topological polar surface area (TPSA) is 39.7 Å². The zero-order valence-electron chi connectivity index (χ0n) is 14.8. The van der Waals surface area contributed by atoms with Crippen molar-refractivity contribution < 1.29 is 4.79 Å². The number of likely N-dealkylation sites (N-methyl/N-ethyl adjacent to an activating group) is 1. The van der Waals surface area contributed by atoms with E-state index in [9.17, 15) is 4.79 Å². The first-order valence-electron chi connectivity index (χ1n) is 8.78. The average Bonchev–Trinajstić information content (AvgIpc) is 3.32. The van der Waals surface area contributed by atoms with Gasteiger partial charge in [-0.25, -0.2) is 4.98 Å². The number of piperazine rings is 1. The Labute approximate surface area is 161 Å². The summed E-state index contributed by atoms with van der Waals surface area (Å²) in [6.45, 7) is 5.37. The number of nitrogens with zero attached hydrogens (tertiary/aromatic N) is 4. The summed E-state index contributed by atoms with van der Waals surface area (Å²) < 4.78 is 1.12. The molecule has 0 spiro atoms. The maximum absolute atomic E-state index is 12.7. The third-order valence-corrected chi connectivity index (χ3v) is 6.70. The van der Waals surface area contributed by atoms with Gasteiger partial charge in [-0.2, -0.15) is 0 Å². The van der Waals surface area contributed by atoms with E-state index in [1.165, 1.54) is 4.88 Å². The molecule has 2 aromatic heterocycles. The number of benzene rings is 1. The lowest BCUT2D eigenvalue weighted by Gasteiger charge is -2.34. The van der Waals surface area contributed by atoms with Crippen molar-refractivity contribution in [1.29, 1.82) is 0 Å². The Morgan fingerprint density at radius 1 is 1.12 bits per heavy atom. The van der Waals surface area contributed by atoms with Crippen LogP contribution in [0.4, 0.5) is 5.13 Å². The van der Waals surface area contributed by atoms with E-state index in [0.29, 0.717) is 6.54 Å². The van der Waals surface area contributed by atoms with Crippen LogP contribution in [0.3, 0.4) is 0 Å². The standard InChI is InChI=1S/C19H22N4OS2/c1-21(19-20-16-6-2-3-7-17(16)26-19)18(24)14-23-10-8-22(9-11-23)13-15-5-4-12-25-15/h2-7,12H,8-11,13-14H2,1H3. The molecule has 0 unspecified atom stereocenters. The second-order valence-corrected chi connectivity index (χ2v) is 8.59. The Balaban J connectivity index is 1.30. The predicted octanol–water partition coefficient (Wildman–Crippen LogP) is 3.14. The van der Waals surface area contributed by atoms with E-state index in [-0.39, 0.29) is 5.91 Å². The molecule has 136 valence electrons. The van der Waals surface area contributed by atoms with Crippen molar-refractivity contribution in [2.24, 2.45) is 0 Å². The molecule has 7 heteroatoms. The number of aromatic nitrogens is 1. The minimum atomic E-state index is 0.107. The normalized spacial score (nSPS) is 16.2. The fraction of sp³-hybridized carbons (Fsp3) is 0.368. The minimum absolute atomic E-state index is 0.107. The molecule has 3 heterocycles. The third-order valence-electron chi connectivity index (χ3n) is 4.73. The van der Waals surface area contributed by atoms with Crippen molar-refractivity contribution in [1.82, 2.24) is 14.8 Å². The molecule has 0 N–H and O–H groups in total. The van der Waals surface area contributed by atoms with Gasteiger partial charge in [0.1, 0.15) is 0 Å². The summed E-state index contributed by atoms with van der Waals surface area (Å²) in [4.78, 5) is 25.1. The Hall–Kier alpha value is -1.80. The van der Waals surface area contributed by atoms with Gasteiger partial charge in [-0.15, -0.1) is 11.3 Å². The molecule has 1 fully saturated rings. The largest absolute Gasteiger partial charge is 0.296 e. The van der Waals surface area contributed by atoms with E-state index in [0.717, 1.165) is 48.1 Å². The highest BCUT2D eigenvalue weighted by atomic mass is 32.1. The molecule has 0 aliphatic carbocycles. The van der Waals surface area contributed by atoms with E-state index in [1.54, 1.807) is 16.2 Å². The Morgan fingerprint density at radius 3 is 2.62 bits per heavy atom. The van der Waals surface area contributed by atoms with Crippen molar-refractivity contribution in [3.05, 3.63) is 46.7 Å². The molecular formula is C19H22N4OS2. The number of carbonyl (C=O) groups excluding carboxylic acids is 1. The minimum Gasteiger partial charge on any atom is -0.296 e. The van der Waals surface area contributed by atoms with Crippen LogP contribution in [0.25, 0.3) is 10.2 Å². The molecule has 1 amide bonds. The van der Waals surface area contributed by atoms with Gasteiger partial charge in [-0.3, -0.25) is 19.5 Å². The first-order valence-corrected chi connectivity index (χ1v) is 10.5. The summed E-state index contributed by atoms with van der Waals surface area (Å²) in [6, 6.07) is 12.3. The number of anilines is 1. The number of fused-ring (bicyclic) bond motifs is 1. The number of hydrogen-bond donors (Lipinski definition) is 0. The van der Waals surface area contributed by atoms with Crippen LogP contribution in [-0.4, -0.2) is 60.5 Å². The summed E-state index contributed by atoms with van der Waals surface area (Å²) in [5.74, 6) is 0.107. The van der Waals surface area contributed by atoms with E-state index in [2.05, 4.69) is 32.3 Å². The van der Waals surface area contributed by atoms with E-state index in [1.807, 2.05) is 42.6 Å². The van der Waals surface area contributed by atoms with Crippen molar-refractivity contribution >= 4 is 43.9 Å². The smallest absolute Gasteiger partial charge is 0.242 e. The number of carbonyl (C=O) groups is 1. The van der Waals surface area contributed by atoms with E-state index >= 15 is 0 Å². The maximum atomic E-state index is 12.7. The number of thiophene rings is 1. The lowest BCUT2D eigenvalue weighted by Crippen LogP contribution is -2.49. The number of amides is 1. The number of thiazole rings is 1. The summed E-state index contributed by atoms with van der Waals surface area (Å²) in [5, 5.41) is 2.90. The van der Waals surface area contributed by atoms with Crippen molar-refractivity contribution in [2.45, 2.75) is 6.54 Å². The maximum Gasteiger partial charge on any atom is 0.242 e. The SMILES string of the molecule is CN(C(=O)CN1CCN(Cc2cccs2)CC1)c1nc2ccccc2s1. The Morgan fingerprint density at radius 2 is 1.88 bits per heavy atom. The molecule has 4 rings (SSSR count). The lowest BCUT2D eigenvalue weighted by molar-refractivity contribution is -0.119. The summed E-state index contributed by atoms with van der Waals surface area (Å²) in [5.41, 5.74) is 0.953. The first-order chi connectivity index (χ1) is 12.7. The van der Waals surface area contributed by atoms with Gasteiger partial charge in [0.2, 0.25) is 5.91 Å². The second-order valence-electron chi connectivity index (χ2n) is 6.55.